The Morgan fingerprint density at radius 3 is 2.19 bits per heavy atom. The average Bonchev–Trinajstić information content (AvgIpc) is 3.04. The maximum absolute atomic E-state index is 15.1. The van der Waals surface area contributed by atoms with Gasteiger partial charge in [0, 0.05) is 32.3 Å². The zero-order valence-electron chi connectivity index (χ0n) is 29.3. The lowest BCUT2D eigenvalue weighted by atomic mass is 9.44. The summed E-state index contributed by atoms with van der Waals surface area (Å²) in [5.74, 6) is -2.96. The lowest BCUT2D eigenvalue weighted by Gasteiger charge is -2.67. The molecule has 1 heterocycles. The quantitative estimate of drug-likeness (QED) is 0.215. The Morgan fingerprint density at radius 1 is 1.06 bits per heavy atom. The highest BCUT2D eigenvalue weighted by atomic mass is 28.4. The summed E-state index contributed by atoms with van der Waals surface area (Å²) in [5.41, 5.74) is -4.63. The molecule has 5 rings (SSSR count). The molecule has 9 atom stereocenters. The number of carbonyl (C=O) groups is 3. The fourth-order valence-corrected chi connectivity index (χ4v) is 12.1. The predicted octanol–water partition coefficient (Wildman–Crippen LogP) is 4.77. The topological polar surface area (TPSA) is 138 Å². The van der Waals surface area contributed by atoms with E-state index < -0.39 is 84.5 Å². The number of rotatable bonds is 9. The lowest BCUT2D eigenvalue weighted by Crippen LogP contribution is -2.82. The van der Waals surface area contributed by atoms with Crippen LogP contribution in [-0.4, -0.2) is 91.7 Å². The molecule has 1 aromatic rings. The van der Waals surface area contributed by atoms with Gasteiger partial charge in [-0.3, -0.25) is 9.59 Å². The van der Waals surface area contributed by atoms with E-state index in [1.54, 1.807) is 37.3 Å². The molecule has 2 N–H and O–H groups in total. The highest BCUT2D eigenvalue weighted by Gasteiger charge is 2.78. The molecule has 11 heteroatoms. The normalized spacial score (nSPS) is 37.9. The van der Waals surface area contributed by atoms with Crippen molar-refractivity contribution in [3.05, 3.63) is 47.0 Å². The number of aliphatic hydroxyl groups is 2. The van der Waals surface area contributed by atoms with Crippen molar-refractivity contribution in [2.24, 2.45) is 16.7 Å². The van der Waals surface area contributed by atoms with Crippen molar-refractivity contribution >= 4 is 26.0 Å². The number of hydrogen-bond donors (Lipinski definition) is 2. The van der Waals surface area contributed by atoms with Crippen molar-refractivity contribution in [2.75, 3.05) is 13.7 Å². The Kier molecular flexibility index (Phi) is 9.53. The minimum absolute atomic E-state index is 0.00497. The van der Waals surface area contributed by atoms with E-state index in [4.69, 9.17) is 23.4 Å². The van der Waals surface area contributed by atoms with Crippen LogP contribution in [0.1, 0.15) is 78.6 Å². The van der Waals surface area contributed by atoms with Gasteiger partial charge in [0.25, 0.3) is 0 Å². The lowest BCUT2D eigenvalue weighted by molar-refractivity contribution is -0.346. The molecule has 47 heavy (non-hydrogen) atoms. The van der Waals surface area contributed by atoms with E-state index >= 15 is 4.79 Å². The van der Waals surface area contributed by atoms with Crippen molar-refractivity contribution in [2.45, 2.75) is 128 Å². The van der Waals surface area contributed by atoms with E-state index in [2.05, 4.69) is 20.8 Å². The van der Waals surface area contributed by atoms with Crippen molar-refractivity contribution in [1.82, 2.24) is 0 Å². The number of methoxy groups -OCH3 is 1. The number of carbonyl (C=O) groups excluding carboxylic acids is 3. The van der Waals surface area contributed by atoms with Crippen LogP contribution in [0.25, 0.3) is 0 Å². The van der Waals surface area contributed by atoms with E-state index in [0.29, 0.717) is 5.57 Å². The number of Topliss-reactive ketones (excluding diaryl/α,β-unsaturated/α-hetero) is 1. The van der Waals surface area contributed by atoms with Crippen LogP contribution in [0.5, 0.6) is 0 Å². The summed E-state index contributed by atoms with van der Waals surface area (Å²) in [6.45, 7) is 14.8. The summed E-state index contributed by atoms with van der Waals surface area (Å²) in [6.07, 6.45) is -5.23. The molecule has 0 radical (unpaired) electrons. The number of benzene rings is 1. The van der Waals surface area contributed by atoms with Gasteiger partial charge in [0.15, 0.2) is 19.7 Å². The molecule has 2 saturated carbocycles. The number of hydrogen-bond acceptors (Lipinski definition) is 10. The molecule has 0 amide bonds. The predicted molar refractivity (Wildman–Crippen MR) is 176 cm³/mol. The number of fused-ring (bicyclic) bond motifs is 5. The molecule has 10 nitrogen and oxygen atoms in total. The highest BCUT2D eigenvalue weighted by molar-refractivity contribution is 6.73. The van der Waals surface area contributed by atoms with Gasteiger partial charge < -0.3 is 33.6 Å². The van der Waals surface area contributed by atoms with Crippen molar-refractivity contribution in [3.8, 4) is 0 Å². The number of esters is 2. The van der Waals surface area contributed by atoms with E-state index in [0.717, 1.165) is 23.7 Å². The van der Waals surface area contributed by atoms with Crippen LogP contribution < -0.4 is 0 Å². The van der Waals surface area contributed by atoms with Crippen LogP contribution >= 0.6 is 0 Å². The maximum atomic E-state index is 15.1. The summed E-state index contributed by atoms with van der Waals surface area (Å²) < 4.78 is 31.6. The van der Waals surface area contributed by atoms with Crippen LogP contribution in [-0.2, 0) is 33.0 Å². The minimum Gasteiger partial charge on any atom is -0.455 e. The maximum Gasteiger partial charge on any atom is 0.338 e. The van der Waals surface area contributed by atoms with Gasteiger partial charge in [0.05, 0.1) is 35.7 Å². The largest absolute Gasteiger partial charge is 0.455 e. The first-order valence-corrected chi connectivity index (χ1v) is 19.5. The van der Waals surface area contributed by atoms with E-state index in [1.807, 2.05) is 20.8 Å². The van der Waals surface area contributed by atoms with Gasteiger partial charge in [-0.15, -0.1) is 0 Å². The van der Waals surface area contributed by atoms with Crippen LogP contribution in [0.3, 0.4) is 0 Å². The third-order valence-electron chi connectivity index (χ3n) is 12.5. The second-order valence-corrected chi connectivity index (χ2v) is 19.5. The molecular formula is C36H52O10Si. The number of ether oxygens (including phenoxy) is 4. The van der Waals surface area contributed by atoms with Gasteiger partial charge in [-0.05, 0) is 55.3 Å². The standard InChI is InChI=1S/C36H52O10Si/c1-10-47(11-2,12-3)46-24-19-36(41)31(44-32(40)23-16-14-13-15-17-23)29-34(8,25(38)18-26-35(29,20-43-26)45-22(5)37)30(39)28(42-9)27(21(24)4)33(36,6)7/h13-17,24-26,28-29,31,38,41H,10-12,18-20H2,1-9H3/t24-,25-,26+,28+,29-,31-,34+,35-,36+/m0/s1. The zero-order chi connectivity index (χ0) is 34.7. The van der Waals surface area contributed by atoms with Crippen LogP contribution in [0.15, 0.2) is 41.5 Å². The minimum atomic E-state index is -2.28. The molecule has 3 fully saturated rings. The first-order chi connectivity index (χ1) is 22.0. The third-order valence-corrected chi connectivity index (χ3v) is 17.1. The first-order valence-electron chi connectivity index (χ1n) is 17.0. The second kappa shape index (κ2) is 12.5. The smallest absolute Gasteiger partial charge is 0.338 e. The molecule has 3 aliphatic carbocycles. The van der Waals surface area contributed by atoms with E-state index in [-0.39, 0.29) is 25.0 Å². The van der Waals surface area contributed by atoms with Gasteiger partial charge in [0.1, 0.15) is 23.9 Å². The third kappa shape index (κ3) is 5.18. The number of aliphatic hydroxyl groups excluding tert-OH is 1. The SMILES string of the molecule is CC[Si](CC)(CC)O[C@H]1C[C@@]2(O)[C@@H](OC(=O)c3ccccc3)[C@@H]3[C@]4(OC(C)=O)CO[C@@H]4C[C@H](O)[C@@]3(C)C(=O)[C@H](OC)C(=C1C)C2(C)C. The summed E-state index contributed by atoms with van der Waals surface area (Å²) in [5, 5.41) is 25.4. The summed E-state index contributed by atoms with van der Waals surface area (Å²) in [4.78, 5) is 42.0. The van der Waals surface area contributed by atoms with Gasteiger partial charge in [-0.1, -0.05) is 52.8 Å². The second-order valence-electron chi connectivity index (χ2n) is 14.7. The first kappa shape index (κ1) is 35.9. The molecular weight excluding hydrogens is 620 g/mol. The van der Waals surface area contributed by atoms with Crippen LogP contribution in [0, 0.1) is 16.7 Å². The number of ketones is 1. The van der Waals surface area contributed by atoms with E-state index in [1.165, 1.54) is 14.0 Å². The summed E-state index contributed by atoms with van der Waals surface area (Å²) in [7, 11) is -0.828. The Labute approximate surface area is 279 Å². The zero-order valence-corrected chi connectivity index (χ0v) is 30.3. The Bertz CT molecular complexity index is 1410. The van der Waals surface area contributed by atoms with Crippen molar-refractivity contribution in [1.29, 1.82) is 0 Å². The Hall–Kier alpha value is -2.41. The van der Waals surface area contributed by atoms with Gasteiger partial charge in [0.2, 0.25) is 0 Å². The molecule has 260 valence electrons. The molecule has 1 aromatic carbocycles. The van der Waals surface area contributed by atoms with Gasteiger partial charge in [-0.25, -0.2) is 4.79 Å². The highest BCUT2D eigenvalue weighted by Crippen LogP contribution is 2.64. The molecule has 0 unspecified atom stereocenters. The molecule has 2 bridgehead atoms. The molecule has 0 aromatic heterocycles. The summed E-state index contributed by atoms with van der Waals surface area (Å²) >= 11 is 0. The van der Waals surface area contributed by atoms with Crippen molar-refractivity contribution in [3.63, 3.8) is 0 Å². The Balaban J connectivity index is 1.83. The van der Waals surface area contributed by atoms with Gasteiger partial charge >= 0.3 is 11.9 Å². The average molecular weight is 673 g/mol. The van der Waals surface area contributed by atoms with Crippen LogP contribution in [0.4, 0.5) is 0 Å². The van der Waals surface area contributed by atoms with Crippen LogP contribution in [0.2, 0.25) is 18.1 Å². The van der Waals surface area contributed by atoms with E-state index in [9.17, 15) is 19.8 Å². The molecule has 4 aliphatic rings. The fraction of sp³-hybridized carbons (Fsp3) is 0.694. The molecule has 1 aliphatic heterocycles. The molecule has 0 spiro atoms. The van der Waals surface area contributed by atoms with Crippen molar-refractivity contribution < 1.29 is 48.0 Å². The van der Waals surface area contributed by atoms with Gasteiger partial charge in [-0.2, -0.15) is 0 Å². The monoisotopic (exact) mass is 672 g/mol. The molecule has 1 saturated heterocycles. The summed E-state index contributed by atoms with van der Waals surface area (Å²) in [6, 6.07) is 11.0. The Morgan fingerprint density at radius 2 is 1.68 bits per heavy atom. The fourth-order valence-electron chi connectivity index (χ4n) is 9.27.